The Kier molecular flexibility index (Phi) is 4.37. The van der Waals surface area contributed by atoms with Gasteiger partial charge in [0.25, 0.3) is 5.91 Å². The molecule has 1 spiro atoms. The van der Waals surface area contributed by atoms with Gasteiger partial charge in [0.2, 0.25) is 11.4 Å². The molecular formula is C20H26N7O5+. The summed E-state index contributed by atoms with van der Waals surface area (Å²) in [5, 5.41) is 40.3. The standard InChI is InChI=1S/C20H25N7O5/c21-17-25-14-13(16(29)30)24-18(22)27-8-12(20(31,32)19(14,27)26-17)23-15(28)11-7-3-5-9-4-1-2-6-10(9)11/h3,5,7,12-14,31-32H,1-2,4,6,8H2,(H7,21,22,23,24,25,26,28,29,30)/p+1/t12-,13?,14-,19-/m0/s1. The number of guanidine groups is 2. The molecule has 1 amide bonds. The van der Waals surface area contributed by atoms with Crippen LogP contribution >= 0.6 is 0 Å². The second-order valence-corrected chi connectivity index (χ2v) is 8.71. The summed E-state index contributed by atoms with van der Waals surface area (Å²) in [5.41, 5.74) is 12.6. The Morgan fingerprint density at radius 2 is 1.97 bits per heavy atom. The highest BCUT2D eigenvalue weighted by Crippen LogP contribution is 2.41. The molecule has 5 rings (SSSR count). The van der Waals surface area contributed by atoms with Crippen LogP contribution < -0.4 is 27.4 Å². The Labute approximate surface area is 183 Å². The fraction of sp³-hybridized carbons (Fsp3) is 0.500. The fourth-order valence-electron chi connectivity index (χ4n) is 5.49. The van der Waals surface area contributed by atoms with E-state index in [4.69, 9.17) is 11.5 Å². The number of carbonyl (C=O) groups is 2. The number of nitrogens with zero attached hydrogens (tertiary/aromatic N) is 2. The Bertz CT molecular complexity index is 1080. The lowest BCUT2D eigenvalue weighted by molar-refractivity contribution is -0.622. The van der Waals surface area contributed by atoms with Gasteiger partial charge in [0, 0.05) is 5.56 Å². The Balaban J connectivity index is 1.51. The first-order valence-corrected chi connectivity index (χ1v) is 10.5. The van der Waals surface area contributed by atoms with Crippen molar-refractivity contribution in [2.75, 3.05) is 6.54 Å². The number of nitrogens with one attached hydrogen (secondary N) is 3. The summed E-state index contributed by atoms with van der Waals surface area (Å²) in [5.74, 6) is -4.61. The van der Waals surface area contributed by atoms with Crippen molar-refractivity contribution >= 4 is 23.8 Å². The van der Waals surface area contributed by atoms with Gasteiger partial charge in [-0.05, 0) is 42.9 Å². The third-order valence-electron chi connectivity index (χ3n) is 6.98. The number of carboxylic acid groups (broad SMARTS) is 1. The SMILES string of the molecule is NC1=N[C@H]2C(C(=O)O)NC(N)=[N+]3C[C@H](NC(=O)c4cccc5c4CCCC5)C(O)(O)[C@]23N1. The van der Waals surface area contributed by atoms with Crippen molar-refractivity contribution in [2.24, 2.45) is 16.5 Å². The lowest BCUT2D eigenvalue weighted by atomic mass is 9.85. The van der Waals surface area contributed by atoms with E-state index in [1.165, 1.54) is 4.58 Å². The molecule has 32 heavy (non-hydrogen) atoms. The van der Waals surface area contributed by atoms with E-state index in [-0.39, 0.29) is 18.5 Å². The number of hydrogen-bond acceptors (Lipinski definition) is 9. The fourth-order valence-corrected chi connectivity index (χ4v) is 5.49. The van der Waals surface area contributed by atoms with E-state index < -0.39 is 41.5 Å². The van der Waals surface area contributed by atoms with E-state index in [1.54, 1.807) is 6.07 Å². The topological polar surface area (TPSA) is 198 Å². The molecule has 0 saturated carbocycles. The number of fused-ring (bicyclic) bond motifs is 1. The largest absolute Gasteiger partial charge is 0.479 e. The number of carboxylic acids is 1. The maximum Gasteiger partial charge on any atom is 0.346 e. The molecule has 1 aromatic carbocycles. The van der Waals surface area contributed by atoms with Crippen molar-refractivity contribution in [2.45, 2.75) is 55.3 Å². The van der Waals surface area contributed by atoms with Crippen LogP contribution in [-0.4, -0.2) is 79.8 Å². The van der Waals surface area contributed by atoms with Crippen molar-refractivity contribution in [1.82, 2.24) is 16.0 Å². The van der Waals surface area contributed by atoms with E-state index in [1.807, 2.05) is 12.1 Å². The number of aliphatic carboxylic acids is 1. The van der Waals surface area contributed by atoms with Gasteiger partial charge in [-0.15, -0.1) is 0 Å². The van der Waals surface area contributed by atoms with Gasteiger partial charge in [-0.2, -0.15) is 0 Å². The lowest BCUT2D eigenvalue weighted by Crippen LogP contribution is -2.79. The molecule has 1 fully saturated rings. The average Bonchev–Trinajstić information content (AvgIpc) is 3.22. The molecule has 0 bridgehead atoms. The van der Waals surface area contributed by atoms with Gasteiger partial charge >= 0.3 is 11.9 Å². The number of benzene rings is 1. The third-order valence-corrected chi connectivity index (χ3v) is 6.98. The van der Waals surface area contributed by atoms with Crippen LogP contribution in [0.5, 0.6) is 0 Å². The van der Waals surface area contributed by atoms with E-state index in [0.717, 1.165) is 36.8 Å². The molecule has 170 valence electrons. The first kappa shape index (κ1) is 20.5. The highest BCUT2D eigenvalue weighted by Gasteiger charge is 2.76. The smallest absolute Gasteiger partial charge is 0.346 e. The second kappa shape index (κ2) is 6.81. The highest BCUT2D eigenvalue weighted by molar-refractivity contribution is 5.96. The molecule has 0 radical (unpaired) electrons. The predicted molar refractivity (Wildman–Crippen MR) is 112 cm³/mol. The number of aliphatic imine (C=N–C) groups is 1. The summed E-state index contributed by atoms with van der Waals surface area (Å²) in [6, 6.07) is 1.76. The molecule has 1 aliphatic carbocycles. The van der Waals surface area contributed by atoms with Crippen molar-refractivity contribution in [3.05, 3.63) is 34.9 Å². The predicted octanol–water partition coefficient (Wildman–Crippen LogP) is -3.28. The Hall–Kier alpha value is -3.38. The number of aryl methyl sites for hydroxylation is 1. The summed E-state index contributed by atoms with van der Waals surface area (Å²) in [6.07, 6.45) is 3.73. The molecule has 1 aromatic rings. The molecule has 1 unspecified atom stereocenters. The normalized spacial score (nSPS) is 32.1. The molecule has 1 saturated heterocycles. The molecule has 12 heteroatoms. The molecule has 3 aliphatic heterocycles. The number of aliphatic hydroxyl groups is 2. The molecule has 0 aromatic heterocycles. The Morgan fingerprint density at radius 3 is 2.72 bits per heavy atom. The van der Waals surface area contributed by atoms with Crippen LogP contribution in [0.4, 0.5) is 0 Å². The van der Waals surface area contributed by atoms with Crippen LogP contribution in [-0.2, 0) is 17.6 Å². The van der Waals surface area contributed by atoms with Crippen molar-refractivity contribution in [1.29, 1.82) is 0 Å². The van der Waals surface area contributed by atoms with Crippen molar-refractivity contribution in [3.63, 3.8) is 0 Å². The maximum atomic E-state index is 13.2. The number of carbonyl (C=O) groups excluding carboxylic acids is 1. The number of nitrogens with two attached hydrogens (primary N) is 2. The van der Waals surface area contributed by atoms with E-state index >= 15 is 0 Å². The van der Waals surface area contributed by atoms with Gasteiger partial charge in [-0.3, -0.25) is 15.8 Å². The third kappa shape index (κ3) is 2.62. The lowest BCUT2D eigenvalue weighted by Gasteiger charge is -2.42. The Morgan fingerprint density at radius 1 is 1.22 bits per heavy atom. The van der Waals surface area contributed by atoms with Crippen LogP contribution in [0.25, 0.3) is 0 Å². The number of amides is 1. The monoisotopic (exact) mass is 444 g/mol. The van der Waals surface area contributed by atoms with Crippen LogP contribution in [0, 0.1) is 0 Å². The van der Waals surface area contributed by atoms with E-state index in [9.17, 15) is 24.9 Å². The summed E-state index contributed by atoms with van der Waals surface area (Å²) in [6.45, 7) is -0.106. The minimum atomic E-state index is -2.65. The number of hydrogen-bond donors (Lipinski definition) is 8. The van der Waals surface area contributed by atoms with Gasteiger partial charge in [-0.1, -0.05) is 12.1 Å². The van der Waals surface area contributed by atoms with Gasteiger partial charge < -0.3 is 31.7 Å². The average molecular weight is 444 g/mol. The zero-order chi connectivity index (χ0) is 22.8. The highest BCUT2D eigenvalue weighted by atomic mass is 16.5. The summed E-state index contributed by atoms with van der Waals surface area (Å²) in [4.78, 5) is 29.1. The first-order valence-electron chi connectivity index (χ1n) is 10.5. The van der Waals surface area contributed by atoms with Crippen molar-refractivity contribution in [3.8, 4) is 0 Å². The van der Waals surface area contributed by atoms with Crippen LogP contribution in [0.3, 0.4) is 0 Å². The van der Waals surface area contributed by atoms with Gasteiger partial charge in [-0.25, -0.2) is 14.4 Å². The molecule has 3 heterocycles. The summed E-state index contributed by atoms with van der Waals surface area (Å²) >= 11 is 0. The van der Waals surface area contributed by atoms with Crippen LogP contribution in [0.2, 0.25) is 0 Å². The van der Waals surface area contributed by atoms with E-state index in [2.05, 4.69) is 20.9 Å². The van der Waals surface area contributed by atoms with Gasteiger partial charge in [0.05, 0.1) is 6.54 Å². The minimum absolute atomic E-state index is 0.0904. The first-order chi connectivity index (χ1) is 15.2. The zero-order valence-electron chi connectivity index (χ0n) is 17.2. The van der Waals surface area contributed by atoms with Gasteiger partial charge in [0.1, 0.15) is 6.04 Å². The zero-order valence-corrected chi connectivity index (χ0v) is 17.2. The molecular weight excluding hydrogens is 418 g/mol. The molecule has 12 nitrogen and oxygen atoms in total. The quantitative estimate of drug-likeness (QED) is 0.174. The van der Waals surface area contributed by atoms with Crippen molar-refractivity contribution < 1.29 is 29.5 Å². The maximum absolute atomic E-state index is 13.2. The number of rotatable bonds is 3. The molecule has 4 atom stereocenters. The summed E-state index contributed by atoms with van der Waals surface area (Å²) in [7, 11) is 0. The van der Waals surface area contributed by atoms with Gasteiger partial charge in [0.15, 0.2) is 18.0 Å². The van der Waals surface area contributed by atoms with Crippen LogP contribution in [0.15, 0.2) is 23.2 Å². The molecule has 10 N–H and O–H groups in total. The minimum Gasteiger partial charge on any atom is -0.479 e. The van der Waals surface area contributed by atoms with Crippen LogP contribution in [0.1, 0.15) is 34.3 Å². The summed E-state index contributed by atoms with van der Waals surface area (Å²) < 4.78 is 1.37. The molecule has 4 aliphatic rings. The van der Waals surface area contributed by atoms with E-state index in [0.29, 0.717) is 5.56 Å². The second-order valence-electron chi connectivity index (χ2n) is 8.71.